The summed E-state index contributed by atoms with van der Waals surface area (Å²) in [7, 11) is 1.91. The van der Waals surface area contributed by atoms with E-state index in [1.54, 1.807) is 0 Å². The van der Waals surface area contributed by atoms with Gasteiger partial charge in [0.2, 0.25) is 0 Å². The molecule has 0 spiro atoms. The van der Waals surface area contributed by atoms with Gasteiger partial charge in [0.1, 0.15) is 5.69 Å². The summed E-state index contributed by atoms with van der Waals surface area (Å²) in [6, 6.07) is 16.1. The van der Waals surface area contributed by atoms with Gasteiger partial charge in [-0.2, -0.15) is 0 Å². The molecule has 122 valence electrons. The fourth-order valence-electron chi connectivity index (χ4n) is 3.66. The van der Waals surface area contributed by atoms with Gasteiger partial charge in [0, 0.05) is 23.0 Å². The third kappa shape index (κ3) is 2.59. The van der Waals surface area contributed by atoms with E-state index in [9.17, 15) is 4.79 Å². The Balaban J connectivity index is 1.65. The first-order chi connectivity index (χ1) is 11.6. The fourth-order valence-corrected chi connectivity index (χ4v) is 3.82. The average Bonchev–Trinajstić information content (AvgIpc) is 2.92. The number of halogens is 1. The van der Waals surface area contributed by atoms with Crippen LogP contribution in [0.25, 0.3) is 10.9 Å². The van der Waals surface area contributed by atoms with Crippen molar-refractivity contribution < 1.29 is 4.79 Å². The Hall–Kier alpha value is -2.26. The van der Waals surface area contributed by atoms with Gasteiger partial charge in [0.25, 0.3) is 5.91 Å². The molecule has 0 radical (unpaired) electrons. The minimum absolute atomic E-state index is 0.0356. The molecule has 1 heterocycles. The molecule has 4 heteroatoms. The summed E-state index contributed by atoms with van der Waals surface area (Å²) in [6.45, 7) is 0. The Labute approximate surface area is 146 Å². The van der Waals surface area contributed by atoms with Crippen LogP contribution in [0.4, 0.5) is 0 Å². The lowest BCUT2D eigenvalue weighted by Gasteiger charge is -2.26. The molecule has 1 aliphatic carbocycles. The molecule has 1 amide bonds. The first-order valence-electron chi connectivity index (χ1n) is 8.27. The molecule has 1 unspecified atom stereocenters. The number of carbonyl (C=O) groups excluding carboxylic acids is 1. The Morgan fingerprint density at radius 3 is 2.92 bits per heavy atom. The molecule has 2 aromatic carbocycles. The van der Waals surface area contributed by atoms with Crippen LogP contribution in [0.1, 0.15) is 40.5 Å². The first-order valence-corrected chi connectivity index (χ1v) is 8.65. The number of rotatable bonds is 2. The second-order valence-electron chi connectivity index (χ2n) is 6.41. The van der Waals surface area contributed by atoms with Gasteiger partial charge in [0.15, 0.2) is 0 Å². The Morgan fingerprint density at radius 2 is 2.04 bits per heavy atom. The Morgan fingerprint density at radius 1 is 1.21 bits per heavy atom. The number of amides is 1. The molecule has 0 aliphatic heterocycles. The summed E-state index contributed by atoms with van der Waals surface area (Å²) >= 11 is 6.08. The van der Waals surface area contributed by atoms with Gasteiger partial charge in [-0.15, -0.1) is 0 Å². The van der Waals surface area contributed by atoms with Crippen molar-refractivity contribution in [3.05, 3.63) is 70.4 Å². The van der Waals surface area contributed by atoms with Crippen molar-refractivity contribution in [1.29, 1.82) is 0 Å². The molecule has 24 heavy (non-hydrogen) atoms. The number of benzene rings is 2. The molecule has 0 saturated carbocycles. The summed E-state index contributed by atoms with van der Waals surface area (Å²) < 4.78 is 1.91. The zero-order chi connectivity index (χ0) is 16.7. The number of nitrogens with one attached hydrogen (secondary N) is 1. The minimum atomic E-state index is -0.0356. The highest BCUT2D eigenvalue weighted by Crippen LogP contribution is 2.30. The molecular weight excluding hydrogens is 320 g/mol. The fraction of sp³-hybridized carbons (Fsp3) is 0.250. The second kappa shape index (κ2) is 5.99. The van der Waals surface area contributed by atoms with Gasteiger partial charge in [-0.3, -0.25) is 4.79 Å². The molecule has 3 aromatic rings. The summed E-state index contributed by atoms with van der Waals surface area (Å²) in [4.78, 5) is 12.8. The monoisotopic (exact) mass is 338 g/mol. The van der Waals surface area contributed by atoms with Gasteiger partial charge in [0.05, 0.1) is 6.04 Å². The lowest BCUT2D eigenvalue weighted by atomic mass is 9.87. The van der Waals surface area contributed by atoms with Crippen LogP contribution in [-0.2, 0) is 13.5 Å². The Bertz CT molecular complexity index is 929. The van der Waals surface area contributed by atoms with Crippen LogP contribution in [0.2, 0.25) is 5.02 Å². The third-order valence-corrected chi connectivity index (χ3v) is 5.15. The summed E-state index contributed by atoms with van der Waals surface area (Å²) in [5.74, 6) is -0.0356. The highest BCUT2D eigenvalue weighted by atomic mass is 35.5. The zero-order valence-corrected chi connectivity index (χ0v) is 14.3. The third-order valence-electron chi connectivity index (χ3n) is 4.91. The second-order valence-corrected chi connectivity index (χ2v) is 6.85. The van der Waals surface area contributed by atoms with Gasteiger partial charge in [-0.1, -0.05) is 41.9 Å². The van der Waals surface area contributed by atoms with E-state index in [-0.39, 0.29) is 11.9 Å². The average molecular weight is 339 g/mol. The number of aryl methyl sites for hydroxylation is 2. The van der Waals surface area contributed by atoms with Crippen LogP contribution in [0, 0.1) is 0 Å². The Kier molecular flexibility index (Phi) is 3.81. The number of hydrogen-bond donors (Lipinski definition) is 1. The van der Waals surface area contributed by atoms with E-state index in [0.29, 0.717) is 10.7 Å². The highest BCUT2D eigenvalue weighted by Gasteiger charge is 2.23. The van der Waals surface area contributed by atoms with Crippen molar-refractivity contribution in [2.24, 2.45) is 7.05 Å². The number of fused-ring (bicyclic) bond motifs is 2. The molecule has 1 N–H and O–H groups in total. The van der Waals surface area contributed by atoms with Crippen molar-refractivity contribution in [2.45, 2.75) is 25.3 Å². The van der Waals surface area contributed by atoms with Crippen molar-refractivity contribution in [1.82, 2.24) is 9.88 Å². The summed E-state index contributed by atoms with van der Waals surface area (Å²) in [5.41, 5.74) is 4.23. The minimum Gasteiger partial charge on any atom is -0.344 e. The van der Waals surface area contributed by atoms with Gasteiger partial charge in [-0.25, -0.2) is 0 Å². The molecule has 1 aromatic heterocycles. The van der Waals surface area contributed by atoms with Gasteiger partial charge < -0.3 is 9.88 Å². The molecule has 0 fully saturated rings. The lowest BCUT2D eigenvalue weighted by molar-refractivity contribution is 0.0925. The van der Waals surface area contributed by atoms with E-state index in [2.05, 4.69) is 23.5 Å². The highest BCUT2D eigenvalue weighted by molar-refractivity contribution is 6.31. The number of nitrogens with zero attached hydrogens (tertiary/aromatic N) is 1. The normalized spacial score (nSPS) is 16.8. The summed E-state index contributed by atoms with van der Waals surface area (Å²) in [6.07, 6.45) is 3.18. The number of hydrogen-bond acceptors (Lipinski definition) is 1. The van der Waals surface area contributed by atoms with E-state index >= 15 is 0 Å². The van der Waals surface area contributed by atoms with Crippen LogP contribution in [-0.4, -0.2) is 10.5 Å². The van der Waals surface area contributed by atoms with E-state index in [1.807, 2.05) is 41.9 Å². The topological polar surface area (TPSA) is 34.0 Å². The van der Waals surface area contributed by atoms with Gasteiger partial charge in [-0.05, 0) is 48.6 Å². The predicted octanol–water partition coefficient (Wildman–Crippen LogP) is 4.64. The summed E-state index contributed by atoms with van der Waals surface area (Å²) in [5, 5.41) is 4.92. The maximum Gasteiger partial charge on any atom is 0.268 e. The van der Waals surface area contributed by atoms with Crippen LogP contribution in [0.15, 0.2) is 48.5 Å². The SMILES string of the molecule is Cn1c(C(=O)NC2CCCc3ccccc32)cc2ccc(Cl)cc21. The van der Waals surface area contributed by atoms with Crippen molar-refractivity contribution in [3.63, 3.8) is 0 Å². The standard InChI is InChI=1S/C20H19ClN2O/c1-23-18-12-15(21)10-9-14(18)11-19(23)20(24)22-17-8-4-6-13-5-2-3-7-16(13)17/h2-3,5,7,9-12,17H,4,6,8H2,1H3,(H,22,24). The maximum absolute atomic E-state index is 12.8. The zero-order valence-electron chi connectivity index (χ0n) is 13.6. The largest absolute Gasteiger partial charge is 0.344 e. The molecular formula is C20H19ClN2O. The molecule has 0 bridgehead atoms. The molecule has 1 atom stereocenters. The molecule has 3 nitrogen and oxygen atoms in total. The molecule has 1 aliphatic rings. The van der Waals surface area contributed by atoms with Crippen LogP contribution >= 0.6 is 11.6 Å². The smallest absolute Gasteiger partial charge is 0.268 e. The van der Waals surface area contributed by atoms with Crippen molar-refractivity contribution in [3.8, 4) is 0 Å². The number of carbonyl (C=O) groups is 1. The van der Waals surface area contributed by atoms with E-state index in [0.717, 1.165) is 30.2 Å². The number of aromatic nitrogens is 1. The maximum atomic E-state index is 12.8. The molecule has 4 rings (SSSR count). The van der Waals surface area contributed by atoms with Gasteiger partial charge >= 0.3 is 0 Å². The first kappa shape index (κ1) is 15.3. The van der Waals surface area contributed by atoms with Crippen LogP contribution < -0.4 is 5.32 Å². The van der Waals surface area contributed by atoms with E-state index in [4.69, 9.17) is 11.6 Å². The lowest BCUT2D eigenvalue weighted by Crippen LogP contribution is -2.32. The van der Waals surface area contributed by atoms with E-state index in [1.165, 1.54) is 11.1 Å². The van der Waals surface area contributed by atoms with E-state index < -0.39 is 0 Å². The van der Waals surface area contributed by atoms with Crippen molar-refractivity contribution >= 4 is 28.4 Å². The quantitative estimate of drug-likeness (QED) is 0.725. The predicted molar refractivity (Wildman–Crippen MR) is 97.5 cm³/mol. The van der Waals surface area contributed by atoms with Crippen LogP contribution in [0.3, 0.4) is 0 Å². The van der Waals surface area contributed by atoms with Crippen LogP contribution in [0.5, 0.6) is 0 Å². The van der Waals surface area contributed by atoms with Crippen molar-refractivity contribution in [2.75, 3.05) is 0 Å². The molecule has 0 saturated heterocycles.